The van der Waals surface area contributed by atoms with E-state index in [0.29, 0.717) is 10.6 Å². The minimum absolute atomic E-state index is 0.545. The van der Waals surface area contributed by atoms with Crippen LogP contribution in [0.4, 0.5) is 13.2 Å². The first kappa shape index (κ1) is 13.2. The van der Waals surface area contributed by atoms with Crippen molar-refractivity contribution in [3.63, 3.8) is 0 Å². The highest BCUT2D eigenvalue weighted by Gasteiger charge is 2.34. The molecule has 1 aromatic heterocycles. The Hall–Kier alpha value is -1.83. The standard InChI is InChI=1S/C9H9F3N2O3/c1-17-13-7(15)5-14-4-2-3-6(8(14)16)9(10,11)12/h2-4H,5H2,1H3,(H,13,15). The van der Waals surface area contributed by atoms with Crippen molar-refractivity contribution in [1.82, 2.24) is 10.0 Å². The van der Waals surface area contributed by atoms with Crippen LogP contribution in [0.5, 0.6) is 0 Å². The van der Waals surface area contributed by atoms with Crippen LogP contribution < -0.4 is 11.0 Å². The number of alkyl halides is 3. The van der Waals surface area contributed by atoms with Gasteiger partial charge in [-0.1, -0.05) is 0 Å². The van der Waals surface area contributed by atoms with Gasteiger partial charge in [-0.15, -0.1) is 0 Å². The van der Waals surface area contributed by atoms with Crippen molar-refractivity contribution in [3.05, 3.63) is 34.2 Å². The molecule has 0 radical (unpaired) electrons. The molecule has 1 aromatic rings. The first-order valence-corrected chi connectivity index (χ1v) is 4.44. The SMILES string of the molecule is CONC(=O)Cn1cccc(C(F)(F)F)c1=O. The minimum atomic E-state index is -4.74. The fourth-order valence-electron chi connectivity index (χ4n) is 1.18. The molecule has 0 saturated carbocycles. The fraction of sp³-hybridized carbons (Fsp3) is 0.333. The summed E-state index contributed by atoms with van der Waals surface area (Å²) in [7, 11) is 1.17. The number of pyridine rings is 1. The van der Waals surface area contributed by atoms with Crippen molar-refractivity contribution in [1.29, 1.82) is 0 Å². The molecule has 8 heteroatoms. The number of amides is 1. The second kappa shape index (κ2) is 5.00. The quantitative estimate of drug-likeness (QED) is 0.797. The Morgan fingerprint density at radius 2 is 2.18 bits per heavy atom. The van der Waals surface area contributed by atoms with E-state index in [1.165, 1.54) is 7.11 Å². The van der Waals surface area contributed by atoms with Gasteiger partial charge in [0.15, 0.2) is 0 Å². The van der Waals surface area contributed by atoms with E-state index in [0.717, 1.165) is 12.3 Å². The van der Waals surface area contributed by atoms with Crippen LogP contribution in [0, 0.1) is 0 Å². The summed E-state index contributed by atoms with van der Waals surface area (Å²) >= 11 is 0. The molecule has 1 N–H and O–H groups in total. The summed E-state index contributed by atoms with van der Waals surface area (Å²) in [5.41, 5.74) is -0.687. The molecule has 0 fully saturated rings. The third-order valence-corrected chi connectivity index (χ3v) is 1.86. The van der Waals surface area contributed by atoms with E-state index < -0.39 is 29.8 Å². The van der Waals surface area contributed by atoms with Crippen molar-refractivity contribution < 1.29 is 22.8 Å². The van der Waals surface area contributed by atoms with Crippen molar-refractivity contribution in [2.75, 3.05) is 7.11 Å². The average Bonchev–Trinajstić information content (AvgIpc) is 2.19. The smallest absolute Gasteiger partial charge is 0.306 e. The molecule has 1 amide bonds. The van der Waals surface area contributed by atoms with Crippen molar-refractivity contribution in [2.45, 2.75) is 12.7 Å². The molecule has 0 spiro atoms. The third-order valence-electron chi connectivity index (χ3n) is 1.86. The zero-order valence-corrected chi connectivity index (χ0v) is 8.75. The van der Waals surface area contributed by atoms with Crippen LogP contribution in [0.1, 0.15) is 5.56 Å². The zero-order chi connectivity index (χ0) is 13.1. The van der Waals surface area contributed by atoms with Gasteiger partial charge in [0, 0.05) is 6.20 Å². The van der Waals surface area contributed by atoms with Crippen LogP contribution in [-0.4, -0.2) is 17.6 Å². The molecule has 0 atom stereocenters. The van der Waals surface area contributed by atoms with Gasteiger partial charge in [0.25, 0.3) is 11.5 Å². The van der Waals surface area contributed by atoms with Crippen LogP contribution in [0.15, 0.2) is 23.1 Å². The van der Waals surface area contributed by atoms with Crippen LogP contribution in [0.3, 0.4) is 0 Å². The monoisotopic (exact) mass is 250 g/mol. The maximum Gasteiger partial charge on any atom is 0.421 e. The number of hydrogen-bond acceptors (Lipinski definition) is 3. The Morgan fingerprint density at radius 3 is 2.71 bits per heavy atom. The van der Waals surface area contributed by atoms with Gasteiger partial charge in [-0.2, -0.15) is 13.2 Å². The molecule has 0 aromatic carbocycles. The fourth-order valence-corrected chi connectivity index (χ4v) is 1.18. The zero-order valence-electron chi connectivity index (χ0n) is 8.75. The highest BCUT2D eigenvalue weighted by Crippen LogP contribution is 2.25. The third kappa shape index (κ3) is 3.31. The number of carbonyl (C=O) groups is 1. The molecule has 17 heavy (non-hydrogen) atoms. The second-order valence-electron chi connectivity index (χ2n) is 3.08. The van der Waals surface area contributed by atoms with Gasteiger partial charge >= 0.3 is 6.18 Å². The Balaban J connectivity index is 3.04. The van der Waals surface area contributed by atoms with Crippen LogP contribution >= 0.6 is 0 Å². The van der Waals surface area contributed by atoms with E-state index in [-0.39, 0.29) is 0 Å². The van der Waals surface area contributed by atoms with E-state index in [1.54, 1.807) is 0 Å². The Kier molecular flexibility index (Phi) is 3.89. The summed E-state index contributed by atoms with van der Waals surface area (Å²) in [5.74, 6) is -0.728. The van der Waals surface area contributed by atoms with Gasteiger partial charge in [-0.05, 0) is 12.1 Å². The maximum atomic E-state index is 12.4. The minimum Gasteiger partial charge on any atom is -0.306 e. The number of rotatable bonds is 3. The molecule has 0 saturated heterocycles. The molecular formula is C9H9F3N2O3. The van der Waals surface area contributed by atoms with Gasteiger partial charge in [-0.3, -0.25) is 14.4 Å². The first-order chi connectivity index (χ1) is 7.86. The van der Waals surface area contributed by atoms with E-state index in [2.05, 4.69) is 4.84 Å². The predicted molar refractivity (Wildman–Crippen MR) is 50.9 cm³/mol. The molecular weight excluding hydrogens is 241 g/mol. The summed E-state index contributed by atoms with van der Waals surface area (Å²) in [4.78, 5) is 26.7. The van der Waals surface area contributed by atoms with Gasteiger partial charge in [0.1, 0.15) is 12.1 Å². The molecule has 1 heterocycles. The van der Waals surface area contributed by atoms with Crippen molar-refractivity contribution in [3.8, 4) is 0 Å². The number of nitrogens with zero attached hydrogens (tertiary/aromatic N) is 1. The number of carbonyl (C=O) groups excluding carboxylic acids is 1. The lowest BCUT2D eigenvalue weighted by atomic mass is 10.2. The number of nitrogens with one attached hydrogen (secondary N) is 1. The summed E-state index contributed by atoms with van der Waals surface area (Å²) in [6.45, 7) is -0.545. The summed E-state index contributed by atoms with van der Waals surface area (Å²) in [5, 5.41) is 0. The largest absolute Gasteiger partial charge is 0.421 e. The molecule has 0 aliphatic carbocycles. The molecule has 0 unspecified atom stereocenters. The van der Waals surface area contributed by atoms with Gasteiger partial charge in [-0.25, -0.2) is 5.48 Å². The predicted octanol–water partition coefficient (Wildman–Crippen LogP) is 0.545. The molecule has 94 valence electrons. The summed E-state index contributed by atoms with van der Waals surface area (Å²) in [6, 6.07) is 1.71. The Bertz CT molecular complexity index is 467. The highest BCUT2D eigenvalue weighted by atomic mass is 19.4. The van der Waals surface area contributed by atoms with Gasteiger partial charge in [0.2, 0.25) is 0 Å². The van der Waals surface area contributed by atoms with Gasteiger partial charge in [0.05, 0.1) is 7.11 Å². The van der Waals surface area contributed by atoms with Gasteiger partial charge < -0.3 is 4.57 Å². The van der Waals surface area contributed by atoms with Crippen LogP contribution in [-0.2, 0) is 22.4 Å². The van der Waals surface area contributed by atoms with E-state index in [1.807, 2.05) is 5.48 Å². The molecule has 1 rings (SSSR count). The van der Waals surface area contributed by atoms with E-state index >= 15 is 0 Å². The average molecular weight is 250 g/mol. The first-order valence-electron chi connectivity index (χ1n) is 4.44. The lowest BCUT2D eigenvalue weighted by Crippen LogP contribution is -2.34. The molecule has 0 aliphatic heterocycles. The van der Waals surface area contributed by atoms with E-state index in [4.69, 9.17) is 0 Å². The lowest BCUT2D eigenvalue weighted by Gasteiger charge is -2.09. The lowest BCUT2D eigenvalue weighted by molar-refractivity contribution is -0.139. The number of hydroxylamine groups is 1. The van der Waals surface area contributed by atoms with Crippen molar-refractivity contribution >= 4 is 5.91 Å². The highest BCUT2D eigenvalue weighted by molar-refractivity contribution is 5.74. The molecule has 5 nitrogen and oxygen atoms in total. The van der Waals surface area contributed by atoms with Crippen LogP contribution in [0.25, 0.3) is 0 Å². The number of hydrogen-bond donors (Lipinski definition) is 1. The maximum absolute atomic E-state index is 12.4. The summed E-state index contributed by atoms with van der Waals surface area (Å²) in [6.07, 6.45) is -3.65. The second-order valence-corrected chi connectivity index (χ2v) is 3.08. The Morgan fingerprint density at radius 1 is 1.53 bits per heavy atom. The Labute approximate surface area is 93.8 Å². The molecule has 0 bridgehead atoms. The topological polar surface area (TPSA) is 60.3 Å². The van der Waals surface area contributed by atoms with Crippen LogP contribution in [0.2, 0.25) is 0 Å². The van der Waals surface area contributed by atoms with Crippen molar-refractivity contribution in [2.24, 2.45) is 0 Å². The summed E-state index contributed by atoms with van der Waals surface area (Å²) < 4.78 is 37.8. The number of halogens is 3. The molecule has 0 aliphatic rings. The van der Waals surface area contributed by atoms with E-state index in [9.17, 15) is 22.8 Å². The normalized spacial score (nSPS) is 11.3. The number of aromatic nitrogens is 1.